The van der Waals surface area contributed by atoms with Crippen LogP contribution in [0, 0.1) is 0 Å². The lowest BCUT2D eigenvalue weighted by molar-refractivity contribution is -0.115. The molecule has 2 aromatic rings. The van der Waals surface area contributed by atoms with Crippen LogP contribution in [0.2, 0.25) is 0 Å². The number of nitrogens with one attached hydrogen (secondary N) is 1. The number of para-hydroxylation sites is 1. The summed E-state index contributed by atoms with van der Waals surface area (Å²) in [4.78, 5) is 23.5. The number of hydrogen-bond acceptors (Lipinski definition) is 3. The topological polar surface area (TPSA) is 66.4 Å². The third-order valence-electron chi connectivity index (χ3n) is 2.57. The number of rotatable bonds is 4. The van der Waals surface area contributed by atoms with Crippen molar-refractivity contribution in [2.24, 2.45) is 0 Å². The molecular formula is C15H13NO3. The van der Waals surface area contributed by atoms with E-state index in [2.05, 4.69) is 5.32 Å². The number of amides is 1. The maximum atomic E-state index is 11.8. The van der Waals surface area contributed by atoms with Gasteiger partial charge in [-0.2, -0.15) is 0 Å². The molecule has 0 bridgehead atoms. The maximum absolute atomic E-state index is 11.8. The van der Waals surface area contributed by atoms with Gasteiger partial charge in [-0.05, 0) is 36.4 Å². The van der Waals surface area contributed by atoms with Gasteiger partial charge < -0.3 is 10.4 Å². The summed E-state index contributed by atoms with van der Waals surface area (Å²) in [5.41, 5.74) is 1.06. The van der Waals surface area contributed by atoms with Crippen molar-refractivity contribution in [2.75, 3.05) is 5.32 Å². The summed E-state index contributed by atoms with van der Waals surface area (Å²) in [5.74, 6) is -0.553. The van der Waals surface area contributed by atoms with Crippen molar-refractivity contribution >= 4 is 17.4 Å². The fourth-order valence-electron chi connectivity index (χ4n) is 1.62. The normalized spacial score (nSPS) is 9.89. The molecule has 0 unspecified atom stereocenters. The van der Waals surface area contributed by atoms with Gasteiger partial charge in [0.05, 0.1) is 6.42 Å². The zero-order chi connectivity index (χ0) is 13.7. The first-order valence-corrected chi connectivity index (χ1v) is 5.82. The molecule has 0 aliphatic rings. The van der Waals surface area contributed by atoms with Gasteiger partial charge in [-0.15, -0.1) is 0 Å². The molecule has 0 aliphatic heterocycles. The van der Waals surface area contributed by atoms with E-state index in [1.54, 1.807) is 24.3 Å². The number of hydrogen-bond donors (Lipinski definition) is 2. The number of anilines is 1. The van der Waals surface area contributed by atoms with Crippen LogP contribution in [0.25, 0.3) is 0 Å². The summed E-state index contributed by atoms with van der Waals surface area (Å²) < 4.78 is 0. The van der Waals surface area contributed by atoms with E-state index in [4.69, 9.17) is 5.11 Å². The van der Waals surface area contributed by atoms with Crippen molar-refractivity contribution in [3.05, 3.63) is 60.2 Å². The fraction of sp³-hybridized carbons (Fsp3) is 0.0667. The van der Waals surface area contributed by atoms with Gasteiger partial charge in [0.15, 0.2) is 5.78 Å². The first-order valence-electron chi connectivity index (χ1n) is 5.82. The van der Waals surface area contributed by atoms with Crippen molar-refractivity contribution in [1.82, 2.24) is 0 Å². The van der Waals surface area contributed by atoms with Crippen LogP contribution in [0.5, 0.6) is 5.75 Å². The number of aromatic hydroxyl groups is 1. The molecule has 19 heavy (non-hydrogen) atoms. The highest BCUT2D eigenvalue weighted by molar-refractivity contribution is 6.11. The van der Waals surface area contributed by atoms with Crippen molar-refractivity contribution in [2.45, 2.75) is 6.42 Å². The van der Waals surface area contributed by atoms with Crippen molar-refractivity contribution in [1.29, 1.82) is 0 Å². The quantitative estimate of drug-likeness (QED) is 0.652. The predicted octanol–water partition coefficient (Wildman–Crippen LogP) is 2.60. The van der Waals surface area contributed by atoms with Gasteiger partial charge in [0, 0.05) is 11.3 Å². The number of ketones is 1. The molecule has 0 saturated heterocycles. The zero-order valence-corrected chi connectivity index (χ0v) is 10.2. The zero-order valence-electron chi connectivity index (χ0n) is 10.2. The number of phenolic OH excluding ortho intramolecular Hbond substituents is 1. The Bertz CT molecular complexity index is 576. The number of phenols is 1. The number of Topliss-reactive ketones (excluding diaryl/α,β-unsaturated/α-hetero) is 1. The molecule has 2 N–H and O–H groups in total. The molecular weight excluding hydrogens is 242 g/mol. The summed E-state index contributed by atoms with van der Waals surface area (Å²) in [7, 11) is 0. The molecule has 0 fully saturated rings. The van der Waals surface area contributed by atoms with E-state index in [0.29, 0.717) is 11.3 Å². The van der Waals surface area contributed by atoms with Crippen LogP contribution in [0.1, 0.15) is 16.8 Å². The Kier molecular flexibility index (Phi) is 3.93. The first-order chi connectivity index (χ1) is 9.15. The van der Waals surface area contributed by atoms with Gasteiger partial charge in [0.25, 0.3) is 0 Å². The highest BCUT2D eigenvalue weighted by atomic mass is 16.3. The second-order valence-electron chi connectivity index (χ2n) is 4.06. The molecule has 2 aromatic carbocycles. The molecule has 4 heteroatoms. The van der Waals surface area contributed by atoms with Crippen LogP contribution in [-0.4, -0.2) is 16.8 Å². The molecule has 4 nitrogen and oxygen atoms in total. The summed E-state index contributed by atoms with van der Waals surface area (Å²) in [5, 5.41) is 11.8. The highest BCUT2D eigenvalue weighted by Gasteiger charge is 2.11. The second kappa shape index (κ2) is 5.82. The van der Waals surface area contributed by atoms with Crippen LogP contribution in [0.15, 0.2) is 54.6 Å². The molecule has 0 aliphatic carbocycles. The van der Waals surface area contributed by atoms with E-state index in [9.17, 15) is 9.59 Å². The highest BCUT2D eigenvalue weighted by Crippen LogP contribution is 2.12. The van der Waals surface area contributed by atoms with Gasteiger partial charge in [-0.1, -0.05) is 18.2 Å². The molecule has 2 rings (SSSR count). The van der Waals surface area contributed by atoms with Crippen molar-refractivity contribution in [3.63, 3.8) is 0 Å². The van der Waals surface area contributed by atoms with Gasteiger partial charge in [-0.3, -0.25) is 9.59 Å². The van der Waals surface area contributed by atoms with Crippen LogP contribution in [0.4, 0.5) is 5.69 Å². The van der Waals surface area contributed by atoms with E-state index >= 15 is 0 Å². The lowest BCUT2D eigenvalue weighted by atomic mass is 10.1. The number of benzene rings is 2. The van der Waals surface area contributed by atoms with Gasteiger partial charge in [0.1, 0.15) is 5.75 Å². The standard InChI is InChI=1S/C15H13NO3/c17-13-8-6-11(7-9-13)14(18)10-15(19)16-12-4-2-1-3-5-12/h1-9,17H,10H2,(H,16,19). The largest absolute Gasteiger partial charge is 0.508 e. The van der Waals surface area contributed by atoms with Crippen LogP contribution in [-0.2, 0) is 4.79 Å². The number of carbonyl (C=O) groups excluding carboxylic acids is 2. The van der Waals surface area contributed by atoms with E-state index in [0.717, 1.165) is 0 Å². The predicted molar refractivity (Wildman–Crippen MR) is 72.1 cm³/mol. The van der Waals surface area contributed by atoms with Crippen molar-refractivity contribution < 1.29 is 14.7 Å². The van der Waals surface area contributed by atoms with Crippen LogP contribution < -0.4 is 5.32 Å². The van der Waals surface area contributed by atoms with E-state index < -0.39 is 0 Å². The van der Waals surface area contributed by atoms with Crippen molar-refractivity contribution in [3.8, 4) is 5.75 Å². The van der Waals surface area contributed by atoms with E-state index in [1.807, 2.05) is 6.07 Å². The Labute approximate surface area is 110 Å². The minimum atomic E-state index is -0.357. The lowest BCUT2D eigenvalue weighted by Gasteiger charge is -2.04. The monoisotopic (exact) mass is 255 g/mol. The molecule has 96 valence electrons. The molecule has 0 radical (unpaired) electrons. The SMILES string of the molecule is O=C(CC(=O)c1ccc(O)cc1)Nc1ccccc1. The van der Waals surface area contributed by atoms with Gasteiger partial charge >= 0.3 is 0 Å². The third kappa shape index (κ3) is 3.67. The molecule has 1 amide bonds. The Balaban J connectivity index is 1.95. The molecule has 0 heterocycles. The average Bonchev–Trinajstić information content (AvgIpc) is 2.40. The summed E-state index contributed by atoms with van der Waals surface area (Å²) in [6, 6.07) is 14.8. The van der Waals surface area contributed by atoms with E-state index in [-0.39, 0.29) is 23.9 Å². The minimum absolute atomic E-state index is 0.0882. The number of carbonyl (C=O) groups is 2. The van der Waals surface area contributed by atoms with Gasteiger partial charge in [0.2, 0.25) is 5.91 Å². The Morgan fingerprint density at radius 1 is 0.947 bits per heavy atom. The average molecular weight is 255 g/mol. The Morgan fingerprint density at radius 2 is 1.58 bits per heavy atom. The second-order valence-corrected chi connectivity index (χ2v) is 4.06. The fourth-order valence-corrected chi connectivity index (χ4v) is 1.62. The third-order valence-corrected chi connectivity index (χ3v) is 2.57. The smallest absolute Gasteiger partial charge is 0.232 e. The van der Waals surface area contributed by atoms with E-state index in [1.165, 1.54) is 24.3 Å². The molecule has 0 saturated carbocycles. The summed E-state index contributed by atoms with van der Waals surface area (Å²) in [6.07, 6.45) is -0.223. The summed E-state index contributed by atoms with van der Waals surface area (Å²) in [6.45, 7) is 0. The minimum Gasteiger partial charge on any atom is -0.508 e. The molecule has 0 aromatic heterocycles. The molecule has 0 atom stereocenters. The maximum Gasteiger partial charge on any atom is 0.232 e. The van der Waals surface area contributed by atoms with Crippen LogP contribution >= 0.6 is 0 Å². The summed E-state index contributed by atoms with van der Waals surface area (Å²) >= 11 is 0. The Hall–Kier alpha value is -2.62. The molecule has 0 spiro atoms. The Morgan fingerprint density at radius 3 is 2.21 bits per heavy atom. The van der Waals surface area contributed by atoms with Gasteiger partial charge in [-0.25, -0.2) is 0 Å². The van der Waals surface area contributed by atoms with Crippen LogP contribution in [0.3, 0.4) is 0 Å². The lowest BCUT2D eigenvalue weighted by Crippen LogP contribution is -2.16. The first kappa shape index (κ1) is 12.8.